The molecule has 0 aliphatic carbocycles. The van der Waals surface area contributed by atoms with Crippen LogP contribution in [0.2, 0.25) is 0 Å². The Bertz CT molecular complexity index is 114. The van der Waals surface area contributed by atoms with Crippen LogP contribution >= 0.6 is 11.6 Å². The smallest absolute Gasteiger partial charge is 0.0257 e. The molecule has 0 atom stereocenters. The van der Waals surface area contributed by atoms with Gasteiger partial charge < -0.3 is 0 Å². The van der Waals surface area contributed by atoms with Crippen LogP contribution < -0.4 is 0 Å². The van der Waals surface area contributed by atoms with Crippen molar-refractivity contribution in [2.24, 2.45) is 0 Å². The second-order valence-corrected chi connectivity index (χ2v) is 2.82. The molecule has 58 valence electrons. The van der Waals surface area contributed by atoms with Crippen LogP contribution in [-0.4, -0.2) is 5.88 Å². The second kappa shape index (κ2) is 6.88. The summed E-state index contributed by atoms with van der Waals surface area (Å²) in [6, 6.07) is 0. The molecule has 0 nitrogen and oxygen atoms in total. The number of hydrogen-bond acceptors (Lipinski definition) is 0. The maximum atomic E-state index is 5.47. The highest BCUT2D eigenvalue weighted by Gasteiger charge is 1.81. The first-order valence-electron chi connectivity index (χ1n) is 3.62. The van der Waals surface area contributed by atoms with Crippen molar-refractivity contribution in [2.75, 3.05) is 5.88 Å². The largest absolute Gasteiger partial charge is 0.126 e. The van der Waals surface area contributed by atoms with E-state index in [-0.39, 0.29) is 0 Å². The number of rotatable bonds is 5. The zero-order chi connectivity index (χ0) is 7.82. The Hall–Kier alpha value is -0.230. The Morgan fingerprint density at radius 3 is 2.50 bits per heavy atom. The molecule has 0 bridgehead atoms. The van der Waals surface area contributed by atoms with Gasteiger partial charge in [0.05, 0.1) is 0 Å². The van der Waals surface area contributed by atoms with Gasteiger partial charge in [-0.3, -0.25) is 0 Å². The van der Waals surface area contributed by atoms with Crippen LogP contribution in [-0.2, 0) is 0 Å². The summed E-state index contributed by atoms with van der Waals surface area (Å²) in [5.74, 6) is 0.726. The summed E-state index contributed by atoms with van der Waals surface area (Å²) in [5, 5.41) is 0. The van der Waals surface area contributed by atoms with E-state index in [1.165, 1.54) is 5.57 Å². The van der Waals surface area contributed by atoms with Crippen LogP contribution in [0.25, 0.3) is 0 Å². The molecule has 0 aliphatic rings. The van der Waals surface area contributed by atoms with Gasteiger partial charge in [0.2, 0.25) is 0 Å². The zero-order valence-electron chi connectivity index (χ0n) is 6.57. The number of allylic oxidation sites excluding steroid dienone is 3. The molecular weight excluding hydrogens is 144 g/mol. The van der Waals surface area contributed by atoms with Gasteiger partial charge in [0, 0.05) is 5.88 Å². The molecule has 0 aromatic carbocycles. The Kier molecular flexibility index (Phi) is 6.73. The molecular formula is C9H15Cl. The average molecular weight is 159 g/mol. The number of alkyl halides is 1. The highest BCUT2D eigenvalue weighted by Crippen LogP contribution is 2.01. The fraction of sp³-hybridized carbons (Fsp3) is 0.556. The highest BCUT2D eigenvalue weighted by molar-refractivity contribution is 6.17. The van der Waals surface area contributed by atoms with E-state index in [0.717, 1.165) is 25.1 Å². The maximum Gasteiger partial charge on any atom is 0.0257 e. The summed E-state index contributed by atoms with van der Waals surface area (Å²) in [5.41, 5.74) is 1.25. The van der Waals surface area contributed by atoms with Crippen LogP contribution in [0.4, 0.5) is 0 Å². The van der Waals surface area contributed by atoms with Gasteiger partial charge in [-0.25, -0.2) is 0 Å². The zero-order valence-corrected chi connectivity index (χ0v) is 7.32. The van der Waals surface area contributed by atoms with Gasteiger partial charge in [-0.15, -0.1) is 18.2 Å². The van der Waals surface area contributed by atoms with Crippen LogP contribution in [0, 0.1) is 0 Å². The molecule has 10 heavy (non-hydrogen) atoms. The van der Waals surface area contributed by atoms with Crippen molar-refractivity contribution >= 4 is 11.6 Å². The Morgan fingerprint density at radius 1 is 1.40 bits per heavy atom. The summed E-state index contributed by atoms with van der Waals surface area (Å²) in [4.78, 5) is 0. The molecule has 0 heterocycles. The van der Waals surface area contributed by atoms with E-state index in [0.29, 0.717) is 0 Å². The topological polar surface area (TPSA) is 0 Å². The molecule has 0 N–H and O–H groups in total. The lowest BCUT2D eigenvalue weighted by Crippen LogP contribution is -1.72. The predicted octanol–water partition coefficient (Wildman–Crippen LogP) is 3.53. The van der Waals surface area contributed by atoms with Crippen LogP contribution in [0.5, 0.6) is 0 Å². The molecule has 0 aromatic heterocycles. The molecule has 0 amide bonds. The van der Waals surface area contributed by atoms with Crippen molar-refractivity contribution < 1.29 is 0 Å². The van der Waals surface area contributed by atoms with E-state index in [1.807, 2.05) is 0 Å². The minimum Gasteiger partial charge on any atom is -0.126 e. The minimum absolute atomic E-state index is 0.726. The van der Waals surface area contributed by atoms with Gasteiger partial charge in [-0.05, 0) is 26.2 Å². The van der Waals surface area contributed by atoms with Crippen molar-refractivity contribution in [3.05, 3.63) is 24.3 Å². The molecule has 0 aliphatic heterocycles. The van der Waals surface area contributed by atoms with E-state index in [2.05, 4.69) is 25.7 Å². The quantitative estimate of drug-likeness (QED) is 0.424. The fourth-order valence-corrected chi connectivity index (χ4v) is 0.754. The van der Waals surface area contributed by atoms with E-state index in [4.69, 9.17) is 11.6 Å². The van der Waals surface area contributed by atoms with E-state index < -0.39 is 0 Å². The first-order chi connectivity index (χ1) is 4.77. The van der Waals surface area contributed by atoms with Gasteiger partial charge in [-0.2, -0.15) is 0 Å². The van der Waals surface area contributed by atoms with Crippen molar-refractivity contribution in [1.29, 1.82) is 0 Å². The molecule has 0 saturated heterocycles. The maximum absolute atomic E-state index is 5.47. The lowest BCUT2D eigenvalue weighted by molar-refractivity contribution is 0.976. The fourth-order valence-electron chi connectivity index (χ4n) is 0.628. The first-order valence-corrected chi connectivity index (χ1v) is 4.16. The summed E-state index contributed by atoms with van der Waals surface area (Å²) in [7, 11) is 0. The van der Waals surface area contributed by atoms with Crippen molar-refractivity contribution in [2.45, 2.75) is 26.2 Å². The molecule has 0 rings (SSSR count). The predicted molar refractivity (Wildman–Crippen MR) is 48.5 cm³/mol. The van der Waals surface area contributed by atoms with Crippen molar-refractivity contribution in [1.82, 2.24) is 0 Å². The first kappa shape index (κ1) is 9.77. The summed E-state index contributed by atoms with van der Waals surface area (Å²) in [6.07, 6.45) is 7.47. The number of hydrogen-bond donors (Lipinski definition) is 0. The third-order valence-corrected chi connectivity index (χ3v) is 1.40. The molecule has 0 spiro atoms. The highest BCUT2D eigenvalue weighted by atomic mass is 35.5. The Labute approximate surface area is 68.6 Å². The third kappa shape index (κ3) is 7.77. The third-order valence-electron chi connectivity index (χ3n) is 1.18. The molecule has 0 aromatic rings. The monoisotopic (exact) mass is 158 g/mol. The van der Waals surface area contributed by atoms with Gasteiger partial charge in [0.15, 0.2) is 0 Å². The standard InChI is InChI=1S/C9H15Cl/c1-9(2)7-5-3-4-6-8-10/h3-4H,1,5-8H2,2H3/b4-3+. The van der Waals surface area contributed by atoms with Crippen LogP contribution in [0.3, 0.4) is 0 Å². The van der Waals surface area contributed by atoms with Gasteiger partial charge in [0.25, 0.3) is 0 Å². The van der Waals surface area contributed by atoms with Gasteiger partial charge in [0.1, 0.15) is 0 Å². The lowest BCUT2D eigenvalue weighted by Gasteiger charge is -1.91. The summed E-state index contributed by atoms with van der Waals surface area (Å²) in [6.45, 7) is 5.86. The Balaban J connectivity index is 3.10. The number of halogens is 1. The Morgan fingerprint density at radius 2 is 2.00 bits per heavy atom. The molecule has 1 heteroatoms. The van der Waals surface area contributed by atoms with E-state index in [9.17, 15) is 0 Å². The lowest BCUT2D eigenvalue weighted by atomic mass is 10.2. The summed E-state index contributed by atoms with van der Waals surface area (Å²) < 4.78 is 0. The second-order valence-electron chi connectivity index (χ2n) is 2.44. The minimum atomic E-state index is 0.726. The molecule has 0 unspecified atom stereocenters. The SMILES string of the molecule is C=C(C)CC/C=C/CCCl. The molecule has 0 fully saturated rings. The summed E-state index contributed by atoms with van der Waals surface area (Å²) >= 11 is 5.47. The van der Waals surface area contributed by atoms with Crippen LogP contribution in [0.15, 0.2) is 24.3 Å². The van der Waals surface area contributed by atoms with Crippen LogP contribution in [0.1, 0.15) is 26.2 Å². The van der Waals surface area contributed by atoms with Gasteiger partial charge >= 0.3 is 0 Å². The molecule has 0 radical (unpaired) electrons. The van der Waals surface area contributed by atoms with Gasteiger partial charge in [-0.1, -0.05) is 17.7 Å². The van der Waals surface area contributed by atoms with E-state index in [1.54, 1.807) is 0 Å². The average Bonchev–Trinajstić information content (AvgIpc) is 1.87. The normalized spacial score (nSPS) is 10.6. The van der Waals surface area contributed by atoms with Crippen molar-refractivity contribution in [3.63, 3.8) is 0 Å². The molecule has 0 saturated carbocycles. The van der Waals surface area contributed by atoms with Crippen molar-refractivity contribution in [3.8, 4) is 0 Å². The van der Waals surface area contributed by atoms with E-state index >= 15 is 0 Å².